The third-order valence-electron chi connectivity index (χ3n) is 8.79. The number of primary amides is 1. The Bertz CT molecular complexity index is 1720. The average molecular weight is 646 g/mol. The van der Waals surface area contributed by atoms with Crippen molar-refractivity contribution < 1.29 is 29.1 Å². The summed E-state index contributed by atoms with van der Waals surface area (Å²) in [5.41, 5.74) is 5.54. The van der Waals surface area contributed by atoms with Gasteiger partial charge in [0.2, 0.25) is 11.7 Å². The monoisotopic (exact) mass is 645 g/mol. The first-order valence-electron chi connectivity index (χ1n) is 15.7. The van der Waals surface area contributed by atoms with Crippen molar-refractivity contribution in [2.75, 3.05) is 6.54 Å². The molecule has 3 aromatic rings. The maximum Gasteiger partial charge on any atom is 0.287 e. The van der Waals surface area contributed by atoms with Crippen LogP contribution in [-0.4, -0.2) is 88.7 Å². The molecule has 1 saturated carbocycles. The Kier molecular flexibility index (Phi) is 9.84. The number of aliphatic hydroxyl groups is 1. The standard InChI is InChI=1S/C32H39N9O6/c1-18(27(42)28(33)43)37-30(45)25-15-21(41-26(16-36-39-41)32(2,3)47)17-40(25)31(46)24(13-19-7-5-4-6-8-19)38-29(44)20-9-10-22-23(14-20)35-12-11-34-22/h9-12,14,16,18-19,21,25,47H,4-8,13,15,17H2,1-3H3,(H2,33,43)(H,37,45)/t18?,21-,25-/m0/s1. The normalized spacial score (nSPS) is 19.8. The highest BCUT2D eigenvalue weighted by Crippen LogP contribution is 2.33. The highest BCUT2D eigenvalue weighted by Gasteiger charge is 2.44. The van der Waals surface area contributed by atoms with Gasteiger partial charge in [-0.3, -0.25) is 33.9 Å². The molecular formula is C32H39N9O6. The van der Waals surface area contributed by atoms with Crippen LogP contribution in [0.1, 0.15) is 87.8 Å². The highest BCUT2D eigenvalue weighted by atomic mass is 16.3. The van der Waals surface area contributed by atoms with E-state index in [1.54, 1.807) is 38.2 Å². The lowest BCUT2D eigenvalue weighted by molar-refractivity contribution is -0.139. The Morgan fingerprint density at radius 2 is 1.79 bits per heavy atom. The van der Waals surface area contributed by atoms with Gasteiger partial charge in [-0.1, -0.05) is 37.3 Å². The largest absolute Gasteiger partial charge is 0.384 e. The number of hydrogen-bond acceptors (Lipinski definition) is 10. The first-order chi connectivity index (χ1) is 22.3. The van der Waals surface area contributed by atoms with Crippen molar-refractivity contribution >= 4 is 46.2 Å². The van der Waals surface area contributed by atoms with E-state index in [2.05, 4.69) is 30.6 Å². The number of aromatic nitrogens is 5. The van der Waals surface area contributed by atoms with E-state index in [0.29, 0.717) is 16.7 Å². The number of fused-ring (bicyclic) bond motifs is 1. The molecule has 0 radical (unpaired) electrons. The number of nitrogens with zero attached hydrogens (tertiary/aromatic N) is 7. The Balaban J connectivity index is 1.50. The van der Waals surface area contributed by atoms with Crippen LogP contribution in [-0.2, 0) is 24.8 Å². The van der Waals surface area contributed by atoms with Gasteiger partial charge in [-0.05, 0) is 51.3 Å². The molecule has 2 aliphatic rings. The fourth-order valence-electron chi connectivity index (χ4n) is 6.30. The van der Waals surface area contributed by atoms with Gasteiger partial charge in [-0.15, -0.1) is 5.10 Å². The van der Waals surface area contributed by atoms with Crippen molar-refractivity contribution in [3.63, 3.8) is 0 Å². The minimum atomic E-state index is -1.33. The molecule has 1 aromatic carbocycles. The SMILES string of the molecule is CC(NC(=O)[C@@H]1C[C@H](n2nncc2C(C)(C)O)CN1C(=O)C(CC1CCCCC1)=NC(=O)c1ccc2nccnc2c1)C(=O)C(N)=O. The van der Waals surface area contributed by atoms with Gasteiger partial charge in [0.05, 0.1) is 35.0 Å². The van der Waals surface area contributed by atoms with Crippen LogP contribution in [0.3, 0.4) is 0 Å². The summed E-state index contributed by atoms with van der Waals surface area (Å²) in [6, 6.07) is 1.85. The van der Waals surface area contributed by atoms with E-state index in [4.69, 9.17) is 5.73 Å². The Morgan fingerprint density at radius 3 is 2.47 bits per heavy atom. The van der Waals surface area contributed by atoms with Gasteiger partial charge < -0.3 is 21.1 Å². The lowest BCUT2D eigenvalue weighted by Crippen LogP contribution is -2.52. The van der Waals surface area contributed by atoms with Gasteiger partial charge >= 0.3 is 0 Å². The highest BCUT2D eigenvalue weighted by molar-refractivity contribution is 6.41. The average Bonchev–Trinajstić information content (AvgIpc) is 3.72. The maximum atomic E-state index is 14.4. The fourth-order valence-corrected chi connectivity index (χ4v) is 6.30. The minimum Gasteiger partial charge on any atom is -0.384 e. The summed E-state index contributed by atoms with van der Waals surface area (Å²) in [7, 11) is 0. The molecule has 248 valence electrons. The van der Waals surface area contributed by atoms with Gasteiger partial charge in [0.1, 0.15) is 17.4 Å². The number of likely N-dealkylation sites (tertiary alicyclic amines) is 1. The van der Waals surface area contributed by atoms with Crippen LogP contribution in [0, 0.1) is 5.92 Å². The number of hydrogen-bond donors (Lipinski definition) is 3. The van der Waals surface area contributed by atoms with E-state index in [1.165, 1.54) is 28.9 Å². The third-order valence-corrected chi connectivity index (χ3v) is 8.79. The number of carbonyl (C=O) groups is 5. The van der Waals surface area contributed by atoms with Crippen LogP contribution in [0.15, 0.2) is 41.8 Å². The summed E-state index contributed by atoms with van der Waals surface area (Å²) >= 11 is 0. The number of rotatable bonds is 10. The fraction of sp³-hybridized carbons (Fsp3) is 0.500. The number of nitrogens with two attached hydrogens (primary N) is 1. The summed E-state index contributed by atoms with van der Waals surface area (Å²) in [6.07, 6.45) is 9.60. The Hall–Kier alpha value is -4.92. The van der Waals surface area contributed by atoms with Gasteiger partial charge in [0, 0.05) is 30.9 Å². The predicted octanol–water partition coefficient (Wildman–Crippen LogP) is 1.40. The zero-order valence-corrected chi connectivity index (χ0v) is 26.6. The first-order valence-corrected chi connectivity index (χ1v) is 15.7. The van der Waals surface area contributed by atoms with Crippen LogP contribution in [0.25, 0.3) is 11.0 Å². The molecule has 3 heterocycles. The summed E-state index contributed by atoms with van der Waals surface area (Å²) in [4.78, 5) is 79.5. The van der Waals surface area contributed by atoms with Gasteiger partial charge in [0.25, 0.3) is 17.7 Å². The minimum absolute atomic E-state index is 0.0159. The van der Waals surface area contributed by atoms with E-state index in [9.17, 15) is 29.1 Å². The van der Waals surface area contributed by atoms with Crippen LogP contribution < -0.4 is 11.1 Å². The van der Waals surface area contributed by atoms with Gasteiger partial charge in [-0.2, -0.15) is 0 Å². The van der Waals surface area contributed by atoms with E-state index >= 15 is 0 Å². The third kappa shape index (κ3) is 7.56. The topological polar surface area (TPSA) is 216 Å². The molecule has 15 nitrogen and oxygen atoms in total. The number of amides is 4. The zero-order valence-electron chi connectivity index (χ0n) is 26.6. The van der Waals surface area contributed by atoms with Crippen molar-refractivity contribution in [2.24, 2.45) is 16.6 Å². The molecule has 2 aromatic heterocycles. The molecule has 1 aliphatic carbocycles. The molecule has 4 amide bonds. The number of benzene rings is 1. The van der Waals surface area contributed by atoms with Crippen molar-refractivity contribution in [2.45, 2.75) is 89.4 Å². The second-order valence-electron chi connectivity index (χ2n) is 12.8. The van der Waals surface area contributed by atoms with E-state index in [-0.39, 0.29) is 36.6 Å². The molecule has 5 rings (SSSR count). The molecule has 3 atom stereocenters. The number of ketones is 1. The first kappa shape index (κ1) is 33.4. The van der Waals surface area contributed by atoms with Crippen LogP contribution in [0.2, 0.25) is 0 Å². The Labute approximate surface area is 271 Å². The zero-order chi connectivity index (χ0) is 33.9. The van der Waals surface area contributed by atoms with Crippen molar-refractivity contribution in [1.82, 2.24) is 35.2 Å². The number of aliphatic imine (C=N–C) groups is 1. The smallest absolute Gasteiger partial charge is 0.287 e. The summed E-state index contributed by atoms with van der Waals surface area (Å²) in [5, 5.41) is 21.3. The molecule has 1 saturated heterocycles. The molecule has 0 spiro atoms. The van der Waals surface area contributed by atoms with Crippen molar-refractivity contribution in [3.8, 4) is 0 Å². The second kappa shape index (κ2) is 13.8. The van der Waals surface area contributed by atoms with Gasteiger partial charge in [0.15, 0.2) is 0 Å². The predicted molar refractivity (Wildman–Crippen MR) is 169 cm³/mol. The van der Waals surface area contributed by atoms with Crippen LogP contribution >= 0.6 is 0 Å². The molecule has 15 heteroatoms. The molecular weight excluding hydrogens is 606 g/mol. The molecule has 4 N–H and O–H groups in total. The summed E-state index contributed by atoms with van der Waals surface area (Å²) in [5.74, 6) is -3.99. The van der Waals surface area contributed by atoms with Crippen LogP contribution in [0.5, 0.6) is 0 Å². The van der Waals surface area contributed by atoms with E-state index in [0.717, 1.165) is 32.1 Å². The molecule has 2 fully saturated rings. The van der Waals surface area contributed by atoms with E-state index < -0.39 is 53.1 Å². The van der Waals surface area contributed by atoms with Gasteiger partial charge in [-0.25, -0.2) is 9.67 Å². The van der Waals surface area contributed by atoms with Crippen LogP contribution in [0.4, 0.5) is 0 Å². The molecule has 47 heavy (non-hydrogen) atoms. The number of Topliss-reactive ketones (excluding diaryl/α,β-unsaturated/α-hetero) is 1. The lowest BCUT2D eigenvalue weighted by Gasteiger charge is -2.27. The lowest BCUT2D eigenvalue weighted by atomic mass is 9.85. The molecule has 0 bridgehead atoms. The number of carbonyl (C=O) groups excluding carboxylic acids is 5. The van der Waals surface area contributed by atoms with Crippen molar-refractivity contribution in [3.05, 3.63) is 48.0 Å². The Morgan fingerprint density at radius 1 is 1.09 bits per heavy atom. The summed E-state index contributed by atoms with van der Waals surface area (Å²) < 4.78 is 1.48. The number of nitrogens with one attached hydrogen (secondary N) is 1. The van der Waals surface area contributed by atoms with E-state index in [1.807, 2.05) is 0 Å². The second-order valence-corrected chi connectivity index (χ2v) is 12.8. The molecule has 1 aliphatic heterocycles. The van der Waals surface area contributed by atoms with Crippen molar-refractivity contribution in [1.29, 1.82) is 0 Å². The summed E-state index contributed by atoms with van der Waals surface area (Å²) in [6.45, 7) is 4.45. The maximum absolute atomic E-state index is 14.4. The quantitative estimate of drug-likeness (QED) is 0.213. The molecule has 1 unspecified atom stereocenters.